The first kappa shape index (κ1) is 18.2. The van der Waals surface area contributed by atoms with Gasteiger partial charge in [-0.1, -0.05) is 42.5 Å². The number of carbonyl (C=O) groups is 1. The summed E-state index contributed by atoms with van der Waals surface area (Å²) in [4.78, 5) is 15.8. The lowest BCUT2D eigenvalue weighted by molar-refractivity contribution is 0.0388. The smallest absolute Gasteiger partial charge is 0.338 e. The second-order valence-corrected chi connectivity index (χ2v) is 7.62. The highest BCUT2D eigenvalue weighted by Crippen LogP contribution is 2.31. The molecule has 26 heavy (non-hydrogen) atoms. The number of esters is 1. The number of benzene rings is 3. The van der Waals surface area contributed by atoms with Gasteiger partial charge in [0.1, 0.15) is 6.61 Å². The predicted molar refractivity (Wildman–Crippen MR) is 104 cm³/mol. The first-order valence-electron chi connectivity index (χ1n) is 8.40. The number of hydrogen-bond acceptors (Lipinski definition) is 3. The van der Waals surface area contributed by atoms with Gasteiger partial charge in [-0.25, -0.2) is 4.79 Å². The van der Waals surface area contributed by atoms with Crippen LogP contribution in [0.5, 0.6) is 0 Å². The second-order valence-electron chi connectivity index (χ2n) is 5.59. The van der Waals surface area contributed by atoms with Crippen LogP contribution in [0.2, 0.25) is 0 Å². The summed E-state index contributed by atoms with van der Waals surface area (Å²) in [5.74, 6) is -0.325. The first-order chi connectivity index (χ1) is 12.8. The number of hydrogen-bond donors (Lipinski definition) is 0. The molecule has 132 valence electrons. The molecule has 4 heteroatoms. The van der Waals surface area contributed by atoms with Crippen molar-refractivity contribution >= 4 is 16.9 Å². The lowest BCUT2D eigenvalue weighted by Gasteiger charge is -2.09. The molecule has 0 heterocycles. The molecule has 0 fully saturated rings. The van der Waals surface area contributed by atoms with Crippen LogP contribution in [-0.2, 0) is 20.4 Å². The van der Waals surface area contributed by atoms with Crippen molar-refractivity contribution in [3.05, 3.63) is 90.5 Å². The van der Waals surface area contributed by atoms with Gasteiger partial charge in [0, 0.05) is 13.2 Å². The SMILES string of the molecule is COCCOC(=O)c1cccc([S+](c2ccccc2)c2ccccc2)c1. The van der Waals surface area contributed by atoms with Gasteiger partial charge in [0.25, 0.3) is 0 Å². The Bertz CT molecular complexity index is 795. The van der Waals surface area contributed by atoms with Crippen LogP contribution in [0.3, 0.4) is 0 Å². The molecule has 3 rings (SSSR count). The third-order valence-corrected chi connectivity index (χ3v) is 6.00. The van der Waals surface area contributed by atoms with E-state index in [1.165, 1.54) is 9.79 Å². The van der Waals surface area contributed by atoms with Gasteiger partial charge >= 0.3 is 5.97 Å². The fraction of sp³-hybridized carbons (Fsp3) is 0.136. The summed E-state index contributed by atoms with van der Waals surface area (Å²) in [7, 11) is 1.30. The van der Waals surface area contributed by atoms with Crippen molar-refractivity contribution < 1.29 is 14.3 Å². The topological polar surface area (TPSA) is 35.5 Å². The zero-order valence-corrected chi connectivity index (χ0v) is 15.4. The molecule has 0 amide bonds. The van der Waals surface area contributed by atoms with E-state index in [1.807, 2.05) is 48.5 Å². The quantitative estimate of drug-likeness (QED) is 0.349. The summed E-state index contributed by atoms with van der Waals surface area (Å²) in [6.07, 6.45) is 0. The molecule has 0 aliphatic carbocycles. The molecule has 0 bridgehead atoms. The maximum Gasteiger partial charge on any atom is 0.338 e. The van der Waals surface area contributed by atoms with E-state index in [2.05, 4.69) is 30.3 Å². The molecule has 0 radical (unpaired) electrons. The molecular weight excluding hydrogens is 344 g/mol. The van der Waals surface area contributed by atoms with Gasteiger partial charge in [-0.05, 0) is 36.4 Å². The fourth-order valence-electron chi connectivity index (χ4n) is 2.57. The van der Waals surface area contributed by atoms with E-state index in [-0.39, 0.29) is 23.5 Å². The van der Waals surface area contributed by atoms with E-state index < -0.39 is 0 Å². The summed E-state index contributed by atoms with van der Waals surface area (Å²) in [6.45, 7) is 0.645. The summed E-state index contributed by atoms with van der Waals surface area (Å²) in [5.41, 5.74) is 0.558. The Labute approximate surface area is 156 Å². The third-order valence-electron chi connectivity index (χ3n) is 3.78. The van der Waals surface area contributed by atoms with E-state index in [9.17, 15) is 4.79 Å². The Kier molecular flexibility index (Phi) is 6.47. The van der Waals surface area contributed by atoms with E-state index in [1.54, 1.807) is 13.2 Å². The van der Waals surface area contributed by atoms with E-state index in [0.29, 0.717) is 12.2 Å². The largest absolute Gasteiger partial charge is 0.460 e. The molecule has 3 aromatic carbocycles. The highest BCUT2D eigenvalue weighted by molar-refractivity contribution is 7.97. The van der Waals surface area contributed by atoms with Crippen LogP contribution in [0.15, 0.2) is 99.6 Å². The second kappa shape index (κ2) is 9.22. The average Bonchev–Trinajstić information content (AvgIpc) is 2.70. The fourth-order valence-corrected chi connectivity index (χ4v) is 4.71. The standard InChI is InChI=1S/C22H21O3S/c1-24-15-16-25-22(23)18-9-8-14-21(17-18)26(19-10-4-2-5-11-19)20-12-6-3-7-13-20/h2-14,17H,15-16H2,1H3/q+1. The van der Waals surface area contributed by atoms with Crippen LogP contribution in [0.1, 0.15) is 10.4 Å². The lowest BCUT2D eigenvalue weighted by Crippen LogP contribution is -2.11. The summed E-state index contributed by atoms with van der Waals surface area (Å²) < 4.78 is 10.2. The number of carbonyl (C=O) groups excluding carboxylic acids is 1. The minimum atomic E-state index is -0.325. The van der Waals surface area contributed by atoms with Crippen molar-refractivity contribution in [2.24, 2.45) is 0 Å². The maximum absolute atomic E-state index is 12.3. The molecular formula is C22H21O3S+. The van der Waals surface area contributed by atoms with Gasteiger partial charge < -0.3 is 9.47 Å². The molecule has 3 aromatic rings. The van der Waals surface area contributed by atoms with Crippen molar-refractivity contribution in [3.63, 3.8) is 0 Å². The molecule has 0 atom stereocenters. The molecule has 0 aliphatic heterocycles. The molecule has 0 aromatic heterocycles. The van der Waals surface area contributed by atoms with Crippen molar-refractivity contribution in [3.8, 4) is 0 Å². The highest BCUT2D eigenvalue weighted by atomic mass is 32.2. The predicted octanol–water partition coefficient (Wildman–Crippen LogP) is 4.59. The summed E-state index contributed by atoms with van der Waals surface area (Å²) in [6, 6.07) is 28.4. The number of methoxy groups -OCH3 is 1. The Morgan fingerprint density at radius 1 is 0.769 bits per heavy atom. The van der Waals surface area contributed by atoms with Crippen LogP contribution >= 0.6 is 0 Å². The van der Waals surface area contributed by atoms with E-state index in [4.69, 9.17) is 9.47 Å². The lowest BCUT2D eigenvalue weighted by atomic mass is 10.2. The van der Waals surface area contributed by atoms with Crippen LogP contribution in [0.25, 0.3) is 0 Å². The Morgan fingerprint density at radius 3 is 1.92 bits per heavy atom. The number of ether oxygens (including phenoxy) is 2. The van der Waals surface area contributed by atoms with Crippen molar-refractivity contribution in [1.29, 1.82) is 0 Å². The maximum atomic E-state index is 12.3. The molecule has 0 saturated heterocycles. The molecule has 0 spiro atoms. The molecule has 0 N–H and O–H groups in total. The zero-order chi connectivity index (χ0) is 18.2. The first-order valence-corrected chi connectivity index (χ1v) is 9.62. The molecule has 0 saturated carbocycles. The van der Waals surface area contributed by atoms with Gasteiger partial charge in [-0.15, -0.1) is 0 Å². The van der Waals surface area contributed by atoms with Crippen LogP contribution < -0.4 is 0 Å². The molecule has 3 nitrogen and oxygen atoms in total. The normalized spacial score (nSPS) is 10.7. The molecule has 0 unspecified atom stereocenters. The van der Waals surface area contributed by atoms with Crippen molar-refractivity contribution in [2.45, 2.75) is 14.7 Å². The van der Waals surface area contributed by atoms with Crippen LogP contribution in [-0.4, -0.2) is 26.3 Å². The van der Waals surface area contributed by atoms with Crippen molar-refractivity contribution in [2.75, 3.05) is 20.3 Å². The minimum absolute atomic E-state index is 0.253. The van der Waals surface area contributed by atoms with Gasteiger partial charge in [-0.3, -0.25) is 0 Å². The highest BCUT2D eigenvalue weighted by Gasteiger charge is 2.29. The number of rotatable bonds is 7. The van der Waals surface area contributed by atoms with Gasteiger partial charge in [0.2, 0.25) is 0 Å². The Hall–Kier alpha value is -2.56. The Balaban J connectivity index is 1.95. The van der Waals surface area contributed by atoms with E-state index >= 15 is 0 Å². The van der Waals surface area contributed by atoms with Gasteiger partial charge in [0.15, 0.2) is 14.7 Å². The third kappa shape index (κ3) is 4.54. The minimum Gasteiger partial charge on any atom is -0.460 e. The Morgan fingerprint density at radius 2 is 1.35 bits per heavy atom. The zero-order valence-electron chi connectivity index (χ0n) is 14.6. The van der Waals surface area contributed by atoms with E-state index in [0.717, 1.165) is 4.90 Å². The van der Waals surface area contributed by atoms with Gasteiger partial charge in [-0.2, -0.15) is 0 Å². The monoisotopic (exact) mass is 365 g/mol. The van der Waals surface area contributed by atoms with Crippen LogP contribution in [0, 0.1) is 0 Å². The molecule has 0 aliphatic rings. The summed E-state index contributed by atoms with van der Waals surface area (Å²) >= 11 is 0. The summed E-state index contributed by atoms with van der Waals surface area (Å²) in [5, 5.41) is 0. The average molecular weight is 365 g/mol. The van der Waals surface area contributed by atoms with Gasteiger partial charge in [0.05, 0.1) is 23.1 Å². The van der Waals surface area contributed by atoms with Crippen molar-refractivity contribution in [1.82, 2.24) is 0 Å². The van der Waals surface area contributed by atoms with Crippen LogP contribution in [0.4, 0.5) is 0 Å².